The van der Waals surface area contributed by atoms with E-state index in [0.717, 1.165) is 46.8 Å². The molecule has 5 rings (SSSR count). The van der Waals surface area contributed by atoms with Crippen LogP contribution in [0.4, 0.5) is 13.2 Å². The Morgan fingerprint density at radius 1 is 0.510 bits per heavy atom. The van der Waals surface area contributed by atoms with Crippen LogP contribution in [0.3, 0.4) is 0 Å². The molecule has 0 radical (unpaired) electrons. The van der Waals surface area contributed by atoms with Gasteiger partial charge in [-0.1, -0.05) is 80.1 Å². The molecular formula is C70H117ClF3N11O11. The Labute approximate surface area is 574 Å². The summed E-state index contributed by atoms with van der Waals surface area (Å²) in [4.78, 5) is 174. The predicted molar refractivity (Wildman–Crippen MR) is 361 cm³/mol. The van der Waals surface area contributed by atoms with Gasteiger partial charge in [0.25, 0.3) is 0 Å². The SMILES string of the molecule is CC[C@H](C)[C@@H]1NC(=O)[C@H](C)N(C)C(=O)C[C@H]2CCCCN2C(=O)[C@H](C(C)C)N(C)C(=O)[C@H](CC2CCCCC2)N(C)C(=O)[C@H](CC(C)C)N(C)C(=O)[C@H](CCC2CCC(C(F)(F)F)CC2)NC(=O)CN(C)C(=O)[C@H](CC2CCC(Cl)CC2)N(C)C(=O)CN(C)C(=O)CN(C)C1=O. The fraction of sp³-hybridized carbons (Fsp3) is 0.843. The molecule has 0 unspecified atom stereocenters. The number of halogens is 4. The van der Waals surface area contributed by atoms with Gasteiger partial charge in [0, 0.05) is 80.8 Å². The minimum Gasteiger partial charge on any atom is -0.343 e. The van der Waals surface area contributed by atoms with Crippen molar-refractivity contribution in [3.63, 3.8) is 0 Å². The van der Waals surface area contributed by atoms with Crippen LogP contribution in [0, 0.1) is 41.4 Å². The largest absolute Gasteiger partial charge is 0.391 e. The molecule has 22 nitrogen and oxygen atoms in total. The first-order valence-corrected chi connectivity index (χ1v) is 36.1. The number of nitrogens with zero attached hydrogens (tertiary/aromatic N) is 9. The van der Waals surface area contributed by atoms with Gasteiger partial charge in [0.15, 0.2) is 0 Å². The van der Waals surface area contributed by atoms with E-state index in [9.17, 15) is 46.7 Å². The van der Waals surface area contributed by atoms with Crippen molar-refractivity contribution in [2.45, 2.75) is 256 Å². The molecule has 0 aromatic carbocycles. The highest BCUT2D eigenvalue weighted by atomic mass is 35.5. The van der Waals surface area contributed by atoms with E-state index >= 15 is 19.2 Å². The zero-order chi connectivity index (χ0) is 71.8. The Morgan fingerprint density at radius 2 is 1.04 bits per heavy atom. The van der Waals surface area contributed by atoms with Crippen molar-refractivity contribution in [3.05, 3.63) is 0 Å². The van der Waals surface area contributed by atoms with Gasteiger partial charge in [-0.3, -0.25) is 52.7 Å². The van der Waals surface area contributed by atoms with Gasteiger partial charge in [-0.15, -0.1) is 11.6 Å². The number of piperidine rings is 1. The molecular weight excluding hydrogens is 1260 g/mol. The second-order valence-electron chi connectivity index (χ2n) is 29.8. The van der Waals surface area contributed by atoms with Crippen LogP contribution < -0.4 is 10.6 Å². The number of rotatable bonds is 12. The van der Waals surface area contributed by atoms with E-state index in [1.807, 2.05) is 34.6 Å². The lowest BCUT2D eigenvalue weighted by atomic mass is 9.79. The zero-order valence-corrected chi connectivity index (χ0v) is 61.1. The Morgan fingerprint density at radius 3 is 1.61 bits per heavy atom. The third kappa shape index (κ3) is 22.1. The topological polar surface area (TPSA) is 241 Å². The first-order chi connectivity index (χ1) is 45.0. The smallest absolute Gasteiger partial charge is 0.343 e. The quantitative estimate of drug-likeness (QED) is 0.183. The highest BCUT2D eigenvalue weighted by molar-refractivity contribution is 6.20. The lowest BCUT2D eigenvalue weighted by Crippen LogP contribution is -2.61. The van der Waals surface area contributed by atoms with Gasteiger partial charge in [-0.25, -0.2) is 0 Å². The Hall–Kier alpha value is -5.75. The zero-order valence-electron chi connectivity index (χ0n) is 60.4. The molecule has 546 valence electrons. The molecule has 0 aromatic heterocycles. The Bertz CT molecular complexity index is 2670. The second-order valence-corrected chi connectivity index (χ2v) is 30.5. The van der Waals surface area contributed by atoms with E-state index in [0.29, 0.717) is 57.9 Å². The van der Waals surface area contributed by atoms with Crippen molar-refractivity contribution in [1.29, 1.82) is 0 Å². The van der Waals surface area contributed by atoms with Gasteiger partial charge < -0.3 is 54.7 Å². The van der Waals surface area contributed by atoms with Crippen LogP contribution in [0.15, 0.2) is 0 Å². The number of hydrogen-bond donors (Lipinski definition) is 2. The molecule has 2 N–H and O–H groups in total. The summed E-state index contributed by atoms with van der Waals surface area (Å²) in [6.07, 6.45) is 6.11. The standard InChI is InChI=1S/C70H117ClF3N11O11/c1-16-45(6)61-68(95)79(10)41-59(88)77(8)42-60(89)81(12)55(38-49-27-32-51(71)33-28-49)65(92)78(9)40-57(86)75-53(34-29-47-25-30-50(31-26-47)70(72,73)74)64(91)82(13)54(36-43(2)3)66(93)83(14)56(37-48-22-18-17-19-23-48)67(94)84(15)62(44(4)5)69(96)85-35-21-20-24-52(85)39-58(87)80(11)46(7)63(90)76-61/h43-56,61-62H,16-42H2,1-15H3,(H,75,86)(H,76,90)/t45-,46-,47?,49?,50?,51?,52+,53-,54-,55-,56-,61-,62-/m0/s1. The van der Waals surface area contributed by atoms with Gasteiger partial charge in [0.1, 0.15) is 42.3 Å². The fourth-order valence-corrected chi connectivity index (χ4v) is 15.3. The van der Waals surface area contributed by atoms with E-state index in [4.69, 9.17) is 11.6 Å². The second kappa shape index (κ2) is 36.9. The van der Waals surface area contributed by atoms with Crippen molar-refractivity contribution in [2.75, 3.05) is 82.6 Å². The van der Waals surface area contributed by atoms with E-state index in [1.54, 1.807) is 25.9 Å². The van der Waals surface area contributed by atoms with Crippen molar-refractivity contribution >= 4 is 76.6 Å². The molecule has 3 aliphatic carbocycles. The maximum absolute atomic E-state index is 15.6. The molecule has 96 heavy (non-hydrogen) atoms. The third-order valence-corrected chi connectivity index (χ3v) is 22.3. The summed E-state index contributed by atoms with van der Waals surface area (Å²) in [5.41, 5.74) is 0. The average molecular weight is 1380 g/mol. The molecule has 2 heterocycles. The minimum absolute atomic E-state index is 0.0132. The molecule has 0 aromatic rings. The molecule has 3 saturated carbocycles. The highest BCUT2D eigenvalue weighted by Crippen LogP contribution is 2.41. The fourth-order valence-electron chi connectivity index (χ4n) is 15.0. The third-order valence-electron chi connectivity index (χ3n) is 21.9. The minimum atomic E-state index is -4.35. The number of amides is 11. The van der Waals surface area contributed by atoms with Crippen LogP contribution in [0.25, 0.3) is 0 Å². The molecule has 5 aliphatic rings. The van der Waals surface area contributed by atoms with Crippen LogP contribution >= 0.6 is 11.6 Å². The summed E-state index contributed by atoms with van der Waals surface area (Å²) >= 11 is 6.51. The molecule has 2 saturated heterocycles. The summed E-state index contributed by atoms with van der Waals surface area (Å²) in [6.45, 7) is 11.3. The number of alkyl halides is 4. The molecule has 11 amide bonds. The van der Waals surface area contributed by atoms with E-state index in [-0.39, 0.29) is 99.2 Å². The predicted octanol–water partition coefficient (Wildman–Crippen LogP) is 7.33. The van der Waals surface area contributed by atoms with E-state index in [2.05, 4.69) is 10.6 Å². The van der Waals surface area contributed by atoms with Crippen LogP contribution in [0.2, 0.25) is 0 Å². The van der Waals surface area contributed by atoms with E-state index in [1.165, 1.54) is 73.7 Å². The Kier molecular flexibility index (Phi) is 31.1. The lowest BCUT2D eigenvalue weighted by molar-refractivity contribution is -0.184. The van der Waals surface area contributed by atoms with Crippen molar-refractivity contribution in [3.8, 4) is 0 Å². The van der Waals surface area contributed by atoms with Crippen molar-refractivity contribution in [2.24, 2.45) is 41.4 Å². The Balaban J connectivity index is 1.59. The van der Waals surface area contributed by atoms with Gasteiger partial charge in [-0.2, -0.15) is 13.2 Å². The number of likely N-dealkylation sites (N-methyl/N-ethyl adjacent to an activating group) is 8. The average Bonchev–Trinajstić information content (AvgIpc) is 0.810. The first-order valence-electron chi connectivity index (χ1n) is 35.6. The van der Waals surface area contributed by atoms with Crippen LogP contribution in [0.5, 0.6) is 0 Å². The van der Waals surface area contributed by atoms with Gasteiger partial charge in [0.05, 0.1) is 25.6 Å². The molecule has 9 atom stereocenters. The number of hydrogen-bond acceptors (Lipinski definition) is 11. The van der Waals surface area contributed by atoms with Crippen LogP contribution in [-0.2, 0) is 52.7 Å². The van der Waals surface area contributed by atoms with Crippen molar-refractivity contribution < 1.29 is 65.9 Å². The molecule has 2 aliphatic heterocycles. The van der Waals surface area contributed by atoms with Gasteiger partial charge in [0.2, 0.25) is 65.0 Å². The highest BCUT2D eigenvalue weighted by Gasteiger charge is 2.46. The molecule has 0 bridgehead atoms. The van der Waals surface area contributed by atoms with Crippen LogP contribution in [-0.4, -0.2) is 252 Å². The summed E-state index contributed by atoms with van der Waals surface area (Å²) in [7, 11) is 11.7. The van der Waals surface area contributed by atoms with Crippen molar-refractivity contribution in [1.82, 2.24) is 54.7 Å². The summed E-state index contributed by atoms with van der Waals surface area (Å²) in [6, 6.07) is -8.60. The van der Waals surface area contributed by atoms with Crippen LogP contribution in [0.1, 0.15) is 196 Å². The molecule has 0 spiro atoms. The number of fused-ring (bicyclic) bond motifs is 1. The maximum Gasteiger partial charge on any atom is 0.391 e. The lowest BCUT2D eigenvalue weighted by Gasteiger charge is -2.43. The number of carbonyl (C=O) groups is 11. The monoisotopic (exact) mass is 1380 g/mol. The number of nitrogens with one attached hydrogen (secondary N) is 2. The van der Waals surface area contributed by atoms with E-state index < -0.39 is 151 Å². The van der Waals surface area contributed by atoms with Gasteiger partial charge in [-0.05, 0) is 145 Å². The summed E-state index contributed by atoms with van der Waals surface area (Å²) in [5, 5.41) is 5.64. The molecule has 5 fully saturated rings. The summed E-state index contributed by atoms with van der Waals surface area (Å²) < 4.78 is 41.6. The summed E-state index contributed by atoms with van der Waals surface area (Å²) in [5.74, 6) is -9.06. The maximum atomic E-state index is 15.6. The van der Waals surface area contributed by atoms with Gasteiger partial charge >= 0.3 is 6.18 Å². The molecule has 26 heteroatoms. The normalized spacial score (nSPS) is 30.3. The number of carbonyl (C=O) groups excluding carboxylic acids is 11. The first kappa shape index (κ1) is 80.9.